The van der Waals surface area contributed by atoms with Crippen molar-refractivity contribution in [2.24, 2.45) is 5.41 Å². The summed E-state index contributed by atoms with van der Waals surface area (Å²) < 4.78 is 5.23. The minimum atomic E-state index is -0.165. The smallest absolute Gasteiger partial charge is 0.323 e. The van der Waals surface area contributed by atoms with Gasteiger partial charge in [-0.05, 0) is 31.2 Å². The van der Waals surface area contributed by atoms with E-state index < -0.39 is 0 Å². The normalized spacial score (nSPS) is 19.5. The lowest BCUT2D eigenvalue weighted by Gasteiger charge is -2.40. The number of nitrogens with one attached hydrogen (secondary N) is 1. The van der Waals surface area contributed by atoms with Gasteiger partial charge in [0, 0.05) is 30.9 Å². The van der Waals surface area contributed by atoms with E-state index in [0.29, 0.717) is 25.7 Å². The van der Waals surface area contributed by atoms with Crippen molar-refractivity contribution < 1.29 is 9.53 Å². The fourth-order valence-electron chi connectivity index (χ4n) is 3.09. The third-order valence-electron chi connectivity index (χ3n) is 4.40. The molecular formula is C16H24N4O2. The van der Waals surface area contributed by atoms with Crippen LogP contribution in [0.25, 0.3) is 0 Å². The second-order valence-electron chi connectivity index (χ2n) is 6.82. The van der Waals surface area contributed by atoms with Gasteiger partial charge in [0.2, 0.25) is 5.95 Å². The molecule has 0 bridgehead atoms. The zero-order valence-corrected chi connectivity index (χ0v) is 13.4. The zero-order chi connectivity index (χ0) is 15.6. The number of hydrogen-bond acceptors (Lipinski definition) is 4. The highest BCUT2D eigenvalue weighted by Crippen LogP contribution is 2.27. The van der Waals surface area contributed by atoms with E-state index in [1.54, 1.807) is 11.9 Å². The molecule has 1 N–H and O–H groups in total. The van der Waals surface area contributed by atoms with Crippen LogP contribution in [0.1, 0.15) is 37.4 Å². The predicted molar refractivity (Wildman–Crippen MR) is 83.9 cm³/mol. The fraction of sp³-hybridized carbons (Fsp3) is 0.688. The van der Waals surface area contributed by atoms with Gasteiger partial charge in [-0.2, -0.15) is 0 Å². The number of aryl methyl sites for hydroxylation is 2. The maximum atomic E-state index is 12.3. The monoisotopic (exact) mass is 304 g/mol. The molecule has 6 heteroatoms. The van der Waals surface area contributed by atoms with Crippen LogP contribution in [-0.4, -0.2) is 47.7 Å². The highest BCUT2D eigenvalue weighted by atomic mass is 16.5. The molecule has 0 aromatic carbocycles. The molecule has 1 fully saturated rings. The zero-order valence-electron chi connectivity index (χ0n) is 13.4. The van der Waals surface area contributed by atoms with Crippen LogP contribution in [0.4, 0.5) is 10.7 Å². The first-order valence-electron chi connectivity index (χ1n) is 8.00. The minimum absolute atomic E-state index is 0.0702. The lowest BCUT2D eigenvalue weighted by Crippen LogP contribution is -2.50. The van der Waals surface area contributed by atoms with E-state index in [4.69, 9.17) is 4.74 Å². The summed E-state index contributed by atoms with van der Waals surface area (Å²) in [7, 11) is 1.79. The third-order valence-corrected chi connectivity index (χ3v) is 4.40. The van der Waals surface area contributed by atoms with E-state index in [9.17, 15) is 4.79 Å². The van der Waals surface area contributed by atoms with Gasteiger partial charge in [-0.1, -0.05) is 13.3 Å². The van der Waals surface area contributed by atoms with Gasteiger partial charge in [-0.15, -0.1) is 0 Å². The Morgan fingerprint density at radius 3 is 2.86 bits per heavy atom. The number of hydrogen-bond donors (Lipinski definition) is 1. The quantitative estimate of drug-likeness (QED) is 0.870. The molecule has 1 aromatic heterocycles. The minimum Gasteiger partial charge on any atom is -0.380 e. The van der Waals surface area contributed by atoms with Gasteiger partial charge in [0.1, 0.15) is 0 Å². The Bertz CT molecular complexity index is 557. The topological polar surface area (TPSA) is 67.3 Å². The molecule has 1 saturated heterocycles. The van der Waals surface area contributed by atoms with Gasteiger partial charge in [0.05, 0.1) is 13.2 Å². The molecule has 0 unspecified atom stereocenters. The lowest BCUT2D eigenvalue weighted by molar-refractivity contribution is -0.108. The Labute approximate surface area is 131 Å². The lowest BCUT2D eigenvalue weighted by atomic mass is 9.88. The van der Waals surface area contributed by atoms with E-state index >= 15 is 0 Å². The average Bonchev–Trinajstić information content (AvgIpc) is 2.70. The van der Waals surface area contributed by atoms with E-state index in [1.165, 1.54) is 18.4 Å². The number of rotatable bonds is 3. The summed E-state index contributed by atoms with van der Waals surface area (Å²) in [5, 5.41) is 2.81. The van der Waals surface area contributed by atoms with Crippen LogP contribution in [0.2, 0.25) is 0 Å². The van der Waals surface area contributed by atoms with E-state index in [0.717, 1.165) is 25.0 Å². The van der Waals surface area contributed by atoms with Crippen molar-refractivity contribution in [2.75, 3.05) is 32.1 Å². The highest BCUT2D eigenvalue weighted by Gasteiger charge is 2.35. The average molecular weight is 304 g/mol. The molecule has 22 heavy (non-hydrogen) atoms. The molecular weight excluding hydrogens is 280 g/mol. The van der Waals surface area contributed by atoms with Gasteiger partial charge in [0.25, 0.3) is 0 Å². The molecule has 0 saturated carbocycles. The second kappa shape index (κ2) is 6.20. The molecule has 2 heterocycles. The molecule has 6 nitrogen and oxygen atoms in total. The van der Waals surface area contributed by atoms with Crippen molar-refractivity contribution in [3.63, 3.8) is 0 Å². The van der Waals surface area contributed by atoms with Crippen molar-refractivity contribution in [3.8, 4) is 0 Å². The molecule has 1 aliphatic heterocycles. The van der Waals surface area contributed by atoms with Crippen LogP contribution in [0.5, 0.6) is 0 Å². The number of nitrogens with zero attached hydrogens (tertiary/aromatic N) is 3. The molecule has 0 spiro atoms. The summed E-state index contributed by atoms with van der Waals surface area (Å²) in [5.41, 5.74) is 2.38. The standard InChI is InChI=1S/C16H24N4O2/c1-16(10-22-11-16)9-20(2)15(21)19-14-17-8-12-6-4-3-5-7-13(12)18-14/h8H,3-7,9-11H2,1-2H3,(H,17,18,19,21). The van der Waals surface area contributed by atoms with Gasteiger partial charge in [-0.3, -0.25) is 5.32 Å². The first kappa shape index (κ1) is 15.2. The van der Waals surface area contributed by atoms with Crippen LogP contribution in [0, 0.1) is 5.41 Å². The largest absolute Gasteiger partial charge is 0.380 e. The first-order chi connectivity index (χ1) is 10.6. The van der Waals surface area contributed by atoms with Crippen LogP contribution in [0.3, 0.4) is 0 Å². The molecule has 1 aromatic rings. The summed E-state index contributed by atoms with van der Waals surface area (Å²) in [5.74, 6) is 0.410. The third kappa shape index (κ3) is 3.38. The summed E-state index contributed by atoms with van der Waals surface area (Å²) >= 11 is 0. The molecule has 1 aliphatic carbocycles. The molecule has 0 radical (unpaired) electrons. The first-order valence-corrected chi connectivity index (χ1v) is 8.00. The Balaban J connectivity index is 1.62. The number of carbonyl (C=O) groups excluding carboxylic acids is 1. The second-order valence-corrected chi connectivity index (χ2v) is 6.82. The van der Waals surface area contributed by atoms with Gasteiger partial charge in [-0.25, -0.2) is 14.8 Å². The Morgan fingerprint density at radius 2 is 2.14 bits per heavy atom. The van der Waals surface area contributed by atoms with Crippen LogP contribution < -0.4 is 5.32 Å². The molecule has 120 valence electrons. The van der Waals surface area contributed by atoms with Crippen molar-refractivity contribution >= 4 is 12.0 Å². The number of amides is 2. The molecule has 2 aliphatic rings. The Morgan fingerprint density at radius 1 is 1.36 bits per heavy atom. The van der Waals surface area contributed by atoms with Crippen molar-refractivity contribution in [1.29, 1.82) is 0 Å². The van der Waals surface area contributed by atoms with Gasteiger partial charge < -0.3 is 9.64 Å². The van der Waals surface area contributed by atoms with Crippen molar-refractivity contribution in [3.05, 3.63) is 17.5 Å². The summed E-state index contributed by atoms with van der Waals surface area (Å²) in [6, 6.07) is -0.165. The van der Waals surface area contributed by atoms with E-state index in [1.807, 2.05) is 6.20 Å². The predicted octanol–water partition coefficient (Wildman–Crippen LogP) is 2.25. The number of aromatic nitrogens is 2. The van der Waals surface area contributed by atoms with Gasteiger partial charge >= 0.3 is 6.03 Å². The van der Waals surface area contributed by atoms with Crippen molar-refractivity contribution in [2.45, 2.75) is 39.0 Å². The molecule has 3 rings (SSSR count). The van der Waals surface area contributed by atoms with Crippen LogP contribution >= 0.6 is 0 Å². The Kier molecular flexibility index (Phi) is 4.29. The summed E-state index contributed by atoms with van der Waals surface area (Å²) in [6.45, 7) is 4.21. The number of carbonyl (C=O) groups is 1. The van der Waals surface area contributed by atoms with Gasteiger partial charge in [0.15, 0.2) is 0 Å². The maximum Gasteiger partial charge on any atom is 0.323 e. The number of anilines is 1. The number of ether oxygens (including phenoxy) is 1. The molecule has 0 atom stereocenters. The van der Waals surface area contributed by atoms with E-state index in [-0.39, 0.29) is 11.4 Å². The number of fused-ring (bicyclic) bond motifs is 1. The number of urea groups is 1. The Hall–Kier alpha value is -1.69. The fourth-order valence-corrected chi connectivity index (χ4v) is 3.09. The van der Waals surface area contributed by atoms with Crippen LogP contribution in [0.15, 0.2) is 6.20 Å². The summed E-state index contributed by atoms with van der Waals surface area (Å²) in [4.78, 5) is 22.8. The van der Waals surface area contributed by atoms with Crippen molar-refractivity contribution in [1.82, 2.24) is 14.9 Å². The van der Waals surface area contributed by atoms with E-state index in [2.05, 4.69) is 22.2 Å². The SMILES string of the molecule is CN(CC1(C)COC1)C(=O)Nc1ncc2c(n1)CCCCC2. The highest BCUT2D eigenvalue weighted by molar-refractivity contribution is 5.87. The molecule has 2 amide bonds. The summed E-state index contributed by atoms with van der Waals surface area (Å²) in [6.07, 6.45) is 7.49. The van der Waals surface area contributed by atoms with Crippen LogP contribution in [-0.2, 0) is 17.6 Å². The maximum absolute atomic E-state index is 12.3.